The molecule has 3 saturated heterocycles. The Morgan fingerprint density at radius 1 is 1.03 bits per heavy atom. The van der Waals surface area contributed by atoms with Crippen molar-refractivity contribution in [2.75, 3.05) is 39.3 Å². The normalized spacial score (nSPS) is 24.9. The number of imide groups is 1. The monoisotopic (exact) mass is 507 g/mol. The third-order valence-corrected chi connectivity index (χ3v) is 7.54. The van der Waals surface area contributed by atoms with Gasteiger partial charge < -0.3 is 30.3 Å². The molecule has 4 amide bonds. The molecule has 0 spiro atoms. The molecule has 0 aromatic carbocycles. The first kappa shape index (κ1) is 27.6. The van der Waals surface area contributed by atoms with Gasteiger partial charge in [0.2, 0.25) is 5.91 Å². The number of carbonyl (C=O) groups is 4. The summed E-state index contributed by atoms with van der Waals surface area (Å²) in [6.45, 7) is 14.2. The van der Waals surface area contributed by atoms with Crippen LogP contribution in [0.5, 0.6) is 0 Å². The quantitative estimate of drug-likeness (QED) is 0.499. The van der Waals surface area contributed by atoms with E-state index in [-0.39, 0.29) is 50.0 Å². The molecule has 3 N–H and O–H groups in total. The van der Waals surface area contributed by atoms with Crippen LogP contribution >= 0.6 is 0 Å². The van der Waals surface area contributed by atoms with Crippen LogP contribution in [-0.2, 0) is 14.3 Å². The van der Waals surface area contributed by atoms with Crippen LogP contribution in [0, 0.1) is 23.7 Å². The van der Waals surface area contributed by atoms with E-state index in [2.05, 4.69) is 6.58 Å². The van der Waals surface area contributed by atoms with E-state index < -0.39 is 36.0 Å². The Hall–Kier alpha value is -2.98. The first-order chi connectivity index (χ1) is 16.9. The maximum absolute atomic E-state index is 13.1. The number of aliphatic carboxylic acids is 1. The van der Waals surface area contributed by atoms with Crippen molar-refractivity contribution in [3.8, 4) is 0 Å². The van der Waals surface area contributed by atoms with Crippen molar-refractivity contribution in [1.82, 2.24) is 19.6 Å². The van der Waals surface area contributed by atoms with Crippen molar-refractivity contribution < 1.29 is 29.0 Å². The van der Waals surface area contributed by atoms with Gasteiger partial charge in [0.1, 0.15) is 6.10 Å². The zero-order valence-electron chi connectivity index (χ0n) is 21.9. The van der Waals surface area contributed by atoms with Crippen LogP contribution in [0.3, 0.4) is 0 Å². The molecule has 3 heterocycles. The van der Waals surface area contributed by atoms with Gasteiger partial charge in [-0.05, 0) is 37.0 Å². The van der Waals surface area contributed by atoms with Crippen LogP contribution in [0.25, 0.3) is 0 Å². The molecule has 3 aliphatic heterocycles. The van der Waals surface area contributed by atoms with E-state index in [0.717, 1.165) is 24.3 Å². The van der Waals surface area contributed by atoms with Crippen LogP contribution in [0.1, 0.15) is 47.0 Å². The molecule has 11 heteroatoms. The molecular formula is C25H41N5O6. The minimum absolute atomic E-state index is 0.113. The van der Waals surface area contributed by atoms with Gasteiger partial charge in [-0.15, -0.1) is 0 Å². The van der Waals surface area contributed by atoms with E-state index >= 15 is 0 Å². The summed E-state index contributed by atoms with van der Waals surface area (Å²) >= 11 is 0. The molecule has 3 rings (SSSR count). The lowest BCUT2D eigenvalue weighted by molar-refractivity contribution is -0.167. The molecule has 36 heavy (non-hydrogen) atoms. The topological polar surface area (TPSA) is 137 Å². The van der Waals surface area contributed by atoms with E-state index in [4.69, 9.17) is 10.5 Å². The average Bonchev–Trinajstić information content (AvgIpc) is 2.83. The zero-order valence-corrected chi connectivity index (χ0v) is 21.9. The number of rotatable bonds is 7. The number of likely N-dealkylation sites (tertiary alicyclic amines) is 2. The minimum atomic E-state index is -1.18. The predicted molar refractivity (Wildman–Crippen MR) is 132 cm³/mol. The van der Waals surface area contributed by atoms with Gasteiger partial charge >= 0.3 is 18.1 Å². The van der Waals surface area contributed by atoms with E-state index in [1.165, 1.54) is 4.90 Å². The fourth-order valence-electron chi connectivity index (χ4n) is 5.62. The average molecular weight is 508 g/mol. The van der Waals surface area contributed by atoms with Crippen LogP contribution in [0.15, 0.2) is 12.4 Å². The SMILES string of the molecule is C=C(N)N1CCCC(CC2C(=O)N(C(=O)N3CCN(C(=O)OC(C(C)C)C(C)C)CC3)C2C(=O)O)C1. The molecule has 0 aromatic rings. The van der Waals surface area contributed by atoms with Crippen molar-refractivity contribution in [2.45, 2.75) is 59.1 Å². The summed E-state index contributed by atoms with van der Waals surface area (Å²) in [5.74, 6) is -1.42. The number of urea groups is 1. The number of nitrogens with two attached hydrogens (primary N) is 1. The molecule has 0 radical (unpaired) electrons. The van der Waals surface area contributed by atoms with E-state index in [0.29, 0.717) is 18.8 Å². The number of β-lactam (4-membered cyclic amide) rings is 1. The second-order valence-electron chi connectivity index (χ2n) is 10.9. The molecule has 3 fully saturated rings. The molecule has 202 valence electrons. The summed E-state index contributed by atoms with van der Waals surface area (Å²) in [6.07, 6.45) is 1.54. The molecular weight excluding hydrogens is 466 g/mol. The summed E-state index contributed by atoms with van der Waals surface area (Å²) in [6, 6.07) is -1.79. The lowest BCUT2D eigenvalue weighted by Crippen LogP contribution is -2.70. The van der Waals surface area contributed by atoms with Gasteiger partial charge in [0, 0.05) is 39.3 Å². The Balaban J connectivity index is 1.56. The van der Waals surface area contributed by atoms with Gasteiger partial charge in [0.25, 0.3) is 0 Å². The van der Waals surface area contributed by atoms with Crippen molar-refractivity contribution in [2.24, 2.45) is 29.4 Å². The summed E-state index contributed by atoms with van der Waals surface area (Å²) in [5, 5.41) is 9.82. The Kier molecular flexibility index (Phi) is 8.73. The van der Waals surface area contributed by atoms with Crippen molar-refractivity contribution in [3.63, 3.8) is 0 Å². The Bertz CT molecular complexity index is 861. The zero-order chi connectivity index (χ0) is 26.7. The van der Waals surface area contributed by atoms with Crippen molar-refractivity contribution >= 4 is 24.0 Å². The molecule has 0 saturated carbocycles. The highest BCUT2D eigenvalue weighted by molar-refractivity contribution is 6.07. The molecule has 0 aliphatic carbocycles. The van der Waals surface area contributed by atoms with Gasteiger partial charge in [-0.1, -0.05) is 34.3 Å². The fraction of sp³-hybridized carbons (Fsp3) is 0.760. The lowest BCUT2D eigenvalue weighted by atomic mass is 9.78. The van der Waals surface area contributed by atoms with E-state index in [9.17, 15) is 24.3 Å². The minimum Gasteiger partial charge on any atom is -0.480 e. The molecule has 0 bridgehead atoms. The van der Waals surface area contributed by atoms with Crippen LogP contribution < -0.4 is 5.73 Å². The number of hydrogen-bond donors (Lipinski definition) is 2. The van der Waals surface area contributed by atoms with Crippen LogP contribution in [0.4, 0.5) is 9.59 Å². The smallest absolute Gasteiger partial charge is 0.410 e. The number of ether oxygens (including phenoxy) is 1. The lowest BCUT2D eigenvalue weighted by Gasteiger charge is -2.47. The number of carbonyl (C=O) groups excluding carboxylic acids is 3. The number of amides is 4. The van der Waals surface area contributed by atoms with E-state index in [1.54, 1.807) is 4.90 Å². The van der Waals surface area contributed by atoms with Crippen molar-refractivity contribution in [1.29, 1.82) is 0 Å². The van der Waals surface area contributed by atoms with Crippen LogP contribution in [-0.4, -0.2) is 100 Å². The third-order valence-electron chi connectivity index (χ3n) is 7.54. The summed E-state index contributed by atoms with van der Waals surface area (Å²) in [5.41, 5.74) is 5.81. The number of piperazine rings is 1. The maximum atomic E-state index is 13.1. The Labute approximate surface area is 213 Å². The summed E-state index contributed by atoms with van der Waals surface area (Å²) < 4.78 is 5.69. The molecule has 3 unspecified atom stereocenters. The molecule has 3 atom stereocenters. The third kappa shape index (κ3) is 5.87. The van der Waals surface area contributed by atoms with E-state index in [1.807, 2.05) is 32.6 Å². The fourth-order valence-corrected chi connectivity index (χ4v) is 5.62. The van der Waals surface area contributed by atoms with Crippen molar-refractivity contribution in [3.05, 3.63) is 12.4 Å². The summed E-state index contributed by atoms with van der Waals surface area (Å²) in [7, 11) is 0. The molecule has 11 nitrogen and oxygen atoms in total. The predicted octanol–water partition coefficient (Wildman–Crippen LogP) is 1.98. The number of hydrogen-bond acceptors (Lipinski definition) is 7. The van der Waals surface area contributed by atoms with Gasteiger partial charge in [-0.25, -0.2) is 19.3 Å². The largest absolute Gasteiger partial charge is 0.480 e. The van der Waals surface area contributed by atoms with Gasteiger partial charge in [-0.2, -0.15) is 0 Å². The Morgan fingerprint density at radius 2 is 1.61 bits per heavy atom. The highest BCUT2D eigenvalue weighted by atomic mass is 16.6. The highest BCUT2D eigenvalue weighted by Gasteiger charge is 2.56. The summed E-state index contributed by atoms with van der Waals surface area (Å²) in [4.78, 5) is 56.5. The number of nitrogens with zero attached hydrogens (tertiary/aromatic N) is 4. The molecule has 3 aliphatic rings. The highest BCUT2D eigenvalue weighted by Crippen LogP contribution is 2.36. The first-order valence-corrected chi connectivity index (χ1v) is 12.9. The molecule has 0 aromatic heterocycles. The van der Waals surface area contributed by atoms with Gasteiger partial charge in [-0.3, -0.25) is 4.79 Å². The maximum Gasteiger partial charge on any atom is 0.410 e. The van der Waals surface area contributed by atoms with Crippen LogP contribution in [0.2, 0.25) is 0 Å². The number of carboxylic acids is 1. The second-order valence-corrected chi connectivity index (χ2v) is 10.9. The second kappa shape index (κ2) is 11.4. The number of carboxylic acid groups (broad SMARTS) is 1. The first-order valence-electron chi connectivity index (χ1n) is 12.9. The van der Waals surface area contributed by atoms with Gasteiger partial charge in [0.05, 0.1) is 11.7 Å². The standard InChI is InChI=1S/C25H41N5O6/c1-15(2)21(16(3)4)36-25(35)28-11-9-27(10-12-28)24(34)30-20(23(32)33)19(22(30)31)13-18-7-6-8-29(14-18)17(5)26/h15-16,18-21H,5-14,26H2,1-4H3,(H,32,33). The Morgan fingerprint density at radius 3 is 2.14 bits per heavy atom. The number of piperidine rings is 1. The van der Waals surface area contributed by atoms with Gasteiger partial charge in [0.15, 0.2) is 6.04 Å².